The highest BCUT2D eigenvalue weighted by Gasteiger charge is 2.79. The smallest absolute Gasteiger partial charge is 0.248 e. The molecule has 4 saturated heterocycles. The van der Waals surface area contributed by atoms with Gasteiger partial charge in [0.05, 0.1) is 43.3 Å². The third-order valence-corrected chi connectivity index (χ3v) is 10.0. The average Bonchev–Trinajstić information content (AvgIpc) is 3.59. The van der Waals surface area contributed by atoms with Gasteiger partial charge in [-0.2, -0.15) is 0 Å². The standard InChI is InChI=1S/C32H52N4O6/c1-7-13-34(14-8-2)28(38)25-26-29(39)36(24(22-37)23(5)6)27(32(26)12-11-31(25,10-4)42-32)30(40)35(15-9-3)17-16-33-18-20-41-21-19-33/h7,9,23-27,37H,1,3,8,10-22H2,2,4-6H3/t24-,25-,26-,27?,31+,32?/m0/s1. The van der Waals surface area contributed by atoms with E-state index in [-0.39, 0.29) is 30.2 Å². The van der Waals surface area contributed by atoms with Crippen LogP contribution >= 0.6 is 0 Å². The number of amides is 3. The fourth-order valence-electron chi connectivity index (χ4n) is 7.91. The Bertz CT molecular complexity index is 1010. The number of ether oxygens (including phenoxy) is 2. The highest BCUT2D eigenvalue weighted by molar-refractivity contribution is 5.99. The quantitative estimate of drug-likeness (QED) is 0.292. The van der Waals surface area contributed by atoms with Gasteiger partial charge >= 0.3 is 0 Å². The number of morpholine rings is 1. The number of hydrogen-bond acceptors (Lipinski definition) is 7. The normalized spacial score (nSPS) is 31.3. The third-order valence-electron chi connectivity index (χ3n) is 10.0. The van der Waals surface area contributed by atoms with Crippen molar-refractivity contribution in [3.63, 3.8) is 0 Å². The Morgan fingerprint density at radius 1 is 1.07 bits per heavy atom. The first-order valence-corrected chi connectivity index (χ1v) is 15.9. The zero-order chi connectivity index (χ0) is 30.7. The van der Waals surface area contributed by atoms with Crippen molar-refractivity contribution in [2.24, 2.45) is 17.8 Å². The summed E-state index contributed by atoms with van der Waals surface area (Å²) in [7, 11) is 0. The fraction of sp³-hybridized carbons (Fsp3) is 0.781. The monoisotopic (exact) mass is 588 g/mol. The van der Waals surface area contributed by atoms with Crippen molar-refractivity contribution in [3.8, 4) is 0 Å². The summed E-state index contributed by atoms with van der Waals surface area (Å²) in [5, 5.41) is 10.5. The molecular formula is C32H52N4O6. The number of rotatable bonds is 15. The van der Waals surface area contributed by atoms with Crippen molar-refractivity contribution in [1.29, 1.82) is 0 Å². The van der Waals surface area contributed by atoms with Crippen LogP contribution in [0.15, 0.2) is 25.3 Å². The molecule has 6 atom stereocenters. The van der Waals surface area contributed by atoms with Crippen molar-refractivity contribution < 1.29 is 29.0 Å². The Morgan fingerprint density at radius 3 is 2.26 bits per heavy atom. The minimum atomic E-state index is -1.13. The summed E-state index contributed by atoms with van der Waals surface area (Å²) in [5.74, 6) is -2.13. The summed E-state index contributed by atoms with van der Waals surface area (Å²) in [6.45, 7) is 20.8. The largest absolute Gasteiger partial charge is 0.394 e. The number of hydrogen-bond donors (Lipinski definition) is 1. The minimum Gasteiger partial charge on any atom is -0.394 e. The molecule has 4 aliphatic rings. The van der Waals surface area contributed by atoms with Crippen LogP contribution in [0.1, 0.15) is 53.4 Å². The SMILES string of the molecule is C=CCN(CCN1CCOCC1)C(=O)C1N([C@@H](CO)C(C)C)C(=O)[C@@H]2[C@@H](C(=O)N(CC=C)CCC)[C@@]3(CC)CCC12O3. The minimum absolute atomic E-state index is 0.102. The summed E-state index contributed by atoms with van der Waals surface area (Å²) in [5.41, 5.74) is -1.93. The van der Waals surface area contributed by atoms with E-state index in [2.05, 4.69) is 18.1 Å². The lowest BCUT2D eigenvalue weighted by Crippen LogP contribution is -2.60. The second-order valence-corrected chi connectivity index (χ2v) is 12.7. The summed E-state index contributed by atoms with van der Waals surface area (Å²) in [6.07, 6.45) is 5.91. The van der Waals surface area contributed by atoms with E-state index in [9.17, 15) is 19.5 Å². The first kappa shape index (κ1) is 32.6. The van der Waals surface area contributed by atoms with Crippen LogP contribution in [-0.2, 0) is 23.9 Å². The van der Waals surface area contributed by atoms with Gasteiger partial charge in [0.1, 0.15) is 11.6 Å². The van der Waals surface area contributed by atoms with Gasteiger partial charge in [0.2, 0.25) is 17.7 Å². The van der Waals surface area contributed by atoms with Gasteiger partial charge in [-0.25, -0.2) is 0 Å². The van der Waals surface area contributed by atoms with Crippen molar-refractivity contribution in [1.82, 2.24) is 19.6 Å². The van der Waals surface area contributed by atoms with E-state index in [1.54, 1.807) is 26.9 Å². The average molecular weight is 589 g/mol. The van der Waals surface area contributed by atoms with Crippen molar-refractivity contribution in [3.05, 3.63) is 25.3 Å². The van der Waals surface area contributed by atoms with Gasteiger partial charge in [-0.05, 0) is 31.6 Å². The lowest BCUT2D eigenvalue weighted by molar-refractivity contribution is -0.159. The molecule has 0 aromatic rings. The number of carbonyl (C=O) groups excluding carboxylic acids is 3. The molecule has 4 fully saturated rings. The van der Waals surface area contributed by atoms with Crippen LogP contribution in [0.2, 0.25) is 0 Å². The van der Waals surface area contributed by atoms with E-state index in [0.29, 0.717) is 65.2 Å². The number of carbonyl (C=O) groups is 3. The first-order valence-electron chi connectivity index (χ1n) is 15.9. The number of aliphatic hydroxyl groups excluding tert-OH is 1. The molecular weight excluding hydrogens is 536 g/mol. The Morgan fingerprint density at radius 2 is 1.71 bits per heavy atom. The maximum atomic E-state index is 14.7. The number of aliphatic hydroxyl groups is 1. The number of nitrogens with zero attached hydrogens (tertiary/aromatic N) is 4. The van der Waals surface area contributed by atoms with E-state index in [1.165, 1.54) is 0 Å². The van der Waals surface area contributed by atoms with Gasteiger partial charge < -0.3 is 29.3 Å². The predicted octanol–water partition coefficient (Wildman–Crippen LogP) is 1.93. The molecule has 4 rings (SSSR count). The first-order chi connectivity index (χ1) is 20.2. The Balaban J connectivity index is 1.76. The molecule has 0 radical (unpaired) electrons. The molecule has 4 aliphatic heterocycles. The van der Waals surface area contributed by atoms with Crippen LogP contribution in [0.4, 0.5) is 0 Å². The Hall–Kier alpha value is -2.27. The molecule has 2 unspecified atom stereocenters. The van der Waals surface area contributed by atoms with Gasteiger partial charge in [0.15, 0.2) is 0 Å². The van der Waals surface area contributed by atoms with Gasteiger partial charge in [-0.3, -0.25) is 19.3 Å². The molecule has 10 heteroatoms. The molecule has 0 aliphatic carbocycles. The van der Waals surface area contributed by atoms with Gasteiger partial charge in [-0.15, -0.1) is 13.2 Å². The van der Waals surface area contributed by atoms with Gasteiger partial charge in [0.25, 0.3) is 0 Å². The Labute approximate surface area is 251 Å². The summed E-state index contributed by atoms with van der Waals surface area (Å²) in [4.78, 5) is 51.0. The van der Waals surface area contributed by atoms with Crippen LogP contribution in [0.3, 0.4) is 0 Å². The highest BCUT2D eigenvalue weighted by Crippen LogP contribution is 2.65. The molecule has 4 heterocycles. The maximum absolute atomic E-state index is 14.7. The van der Waals surface area contributed by atoms with E-state index in [0.717, 1.165) is 19.5 Å². The van der Waals surface area contributed by atoms with E-state index in [4.69, 9.17) is 9.47 Å². The lowest BCUT2D eigenvalue weighted by Gasteiger charge is -2.41. The molecule has 2 bridgehead atoms. The van der Waals surface area contributed by atoms with Crippen LogP contribution in [0.5, 0.6) is 0 Å². The topological polar surface area (TPSA) is 103 Å². The zero-order valence-electron chi connectivity index (χ0n) is 26.1. The third kappa shape index (κ3) is 5.55. The molecule has 236 valence electrons. The van der Waals surface area contributed by atoms with Crippen molar-refractivity contribution in [2.45, 2.75) is 76.7 Å². The summed E-state index contributed by atoms with van der Waals surface area (Å²) < 4.78 is 12.5. The number of fused-ring (bicyclic) bond motifs is 1. The highest BCUT2D eigenvalue weighted by atomic mass is 16.5. The Kier molecular flexibility index (Phi) is 10.5. The van der Waals surface area contributed by atoms with Crippen molar-refractivity contribution in [2.75, 3.05) is 65.6 Å². The maximum Gasteiger partial charge on any atom is 0.248 e. The van der Waals surface area contributed by atoms with Crippen LogP contribution in [0.25, 0.3) is 0 Å². The van der Waals surface area contributed by atoms with Crippen molar-refractivity contribution >= 4 is 17.7 Å². The second-order valence-electron chi connectivity index (χ2n) is 12.7. The summed E-state index contributed by atoms with van der Waals surface area (Å²) in [6, 6.07) is -1.50. The van der Waals surface area contributed by atoms with Gasteiger partial charge in [0, 0.05) is 45.8 Å². The zero-order valence-corrected chi connectivity index (χ0v) is 26.1. The van der Waals surface area contributed by atoms with Gasteiger partial charge in [-0.1, -0.05) is 39.8 Å². The number of likely N-dealkylation sites (tertiary alicyclic amines) is 1. The fourth-order valence-corrected chi connectivity index (χ4v) is 7.91. The summed E-state index contributed by atoms with van der Waals surface area (Å²) >= 11 is 0. The van der Waals surface area contributed by atoms with Crippen LogP contribution < -0.4 is 0 Å². The molecule has 0 aromatic heterocycles. The molecule has 42 heavy (non-hydrogen) atoms. The molecule has 1 spiro atoms. The molecule has 1 N–H and O–H groups in total. The van der Waals surface area contributed by atoms with Crippen LogP contribution in [0, 0.1) is 17.8 Å². The van der Waals surface area contributed by atoms with Crippen LogP contribution in [-0.4, -0.2) is 131 Å². The second kappa shape index (κ2) is 13.6. The van der Waals surface area contributed by atoms with E-state index in [1.807, 2.05) is 27.7 Å². The molecule has 0 aromatic carbocycles. The van der Waals surface area contributed by atoms with E-state index >= 15 is 0 Å². The predicted molar refractivity (Wildman–Crippen MR) is 161 cm³/mol. The molecule has 0 saturated carbocycles. The lowest BCUT2D eigenvalue weighted by atomic mass is 9.64. The van der Waals surface area contributed by atoms with E-state index < -0.39 is 35.1 Å². The molecule has 10 nitrogen and oxygen atoms in total. The molecule has 3 amide bonds.